The van der Waals surface area contributed by atoms with Gasteiger partial charge in [0.05, 0.1) is 5.69 Å². The highest BCUT2D eigenvalue weighted by Gasteiger charge is 2.18. The number of aromatic amines is 1. The SMILES string of the molecule is Cc1n[nH]c(C)c1C(C)CC(=O)NC(C)CCCO. The molecule has 5 nitrogen and oxygen atoms in total. The van der Waals surface area contributed by atoms with Gasteiger partial charge in [-0.3, -0.25) is 9.89 Å². The second-order valence-electron chi connectivity index (χ2n) is 5.29. The van der Waals surface area contributed by atoms with Gasteiger partial charge in [-0.1, -0.05) is 6.92 Å². The van der Waals surface area contributed by atoms with Crippen LogP contribution < -0.4 is 5.32 Å². The highest BCUT2D eigenvalue weighted by atomic mass is 16.3. The summed E-state index contributed by atoms with van der Waals surface area (Å²) in [6, 6.07) is 0.110. The van der Waals surface area contributed by atoms with Gasteiger partial charge >= 0.3 is 0 Å². The minimum absolute atomic E-state index is 0.0536. The second kappa shape index (κ2) is 7.28. The van der Waals surface area contributed by atoms with Crippen molar-refractivity contribution in [2.24, 2.45) is 0 Å². The smallest absolute Gasteiger partial charge is 0.220 e. The van der Waals surface area contributed by atoms with Crippen LogP contribution in [0.2, 0.25) is 0 Å². The summed E-state index contributed by atoms with van der Waals surface area (Å²) in [6.07, 6.45) is 1.99. The molecule has 0 saturated carbocycles. The third kappa shape index (κ3) is 4.67. The van der Waals surface area contributed by atoms with E-state index in [9.17, 15) is 4.79 Å². The van der Waals surface area contributed by atoms with E-state index in [0.29, 0.717) is 6.42 Å². The van der Waals surface area contributed by atoms with Crippen molar-refractivity contribution in [1.29, 1.82) is 0 Å². The predicted molar refractivity (Wildman–Crippen MR) is 75.0 cm³/mol. The van der Waals surface area contributed by atoms with Crippen LogP contribution in [0.3, 0.4) is 0 Å². The Labute approximate surface area is 114 Å². The minimum Gasteiger partial charge on any atom is -0.396 e. The van der Waals surface area contributed by atoms with Gasteiger partial charge in [-0.2, -0.15) is 5.10 Å². The zero-order valence-electron chi connectivity index (χ0n) is 12.3. The number of rotatable bonds is 7. The van der Waals surface area contributed by atoms with Gasteiger partial charge < -0.3 is 10.4 Å². The lowest BCUT2D eigenvalue weighted by molar-refractivity contribution is -0.122. The molecule has 3 N–H and O–H groups in total. The molecule has 2 unspecified atom stereocenters. The molecule has 0 saturated heterocycles. The number of hydrogen-bond donors (Lipinski definition) is 3. The van der Waals surface area contributed by atoms with E-state index in [1.54, 1.807) is 0 Å². The molecule has 0 aliphatic rings. The third-order valence-corrected chi connectivity index (χ3v) is 3.37. The molecule has 0 fully saturated rings. The third-order valence-electron chi connectivity index (χ3n) is 3.37. The van der Waals surface area contributed by atoms with E-state index in [4.69, 9.17) is 5.11 Å². The molecule has 1 aromatic rings. The molecule has 0 spiro atoms. The lowest BCUT2D eigenvalue weighted by Crippen LogP contribution is -2.33. The lowest BCUT2D eigenvalue weighted by Gasteiger charge is -2.16. The number of aliphatic hydroxyl groups is 1. The average molecular weight is 267 g/mol. The number of aliphatic hydroxyl groups excluding tert-OH is 1. The van der Waals surface area contributed by atoms with Crippen molar-refractivity contribution in [1.82, 2.24) is 15.5 Å². The average Bonchev–Trinajstić information content (AvgIpc) is 2.66. The van der Waals surface area contributed by atoms with Crippen LogP contribution in [0.4, 0.5) is 0 Å². The molecule has 108 valence electrons. The van der Waals surface area contributed by atoms with E-state index in [-0.39, 0.29) is 24.5 Å². The fourth-order valence-electron chi connectivity index (χ4n) is 2.47. The van der Waals surface area contributed by atoms with E-state index < -0.39 is 0 Å². The molecular formula is C14H25N3O2. The Hall–Kier alpha value is -1.36. The van der Waals surface area contributed by atoms with E-state index in [1.165, 1.54) is 0 Å². The first kappa shape index (κ1) is 15.7. The number of aryl methyl sites for hydroxylation is 2. The summed E-state index contributed by atoms with van der Waals surface area (Å²) in [5.41, 5.74) is 3.13. The molecular weight excluding hydrogens is 242 g/mol. The number of H-pyrrole nitrogens is 1. The van der Waals surface area contributed by atoms with Gasteiger partial charge in [-0.05, 0) is 45.1 Å². The highest BCUT2D eigenvalue weighted by Crippen LogP contribution is 2.24. The molecule has 0 aliphatic carbocycles. The monoisotopic (exact) mass is 267 g/mol. The van der Waals surface area contributed by atoms with Gasteiger partial charge in [0.25, 0.3) is 0 Å². The van der Waals surface area contributed by atoms with Crippen LogP contribution in [0.25, 0.3) is 0 Å². The van der Waals surface area contributed by atoms with E-state index in [1.807, 2.05) is 27.7 Å². The first-order valence-corrected chi connectivity index (χ1v) is 6.87. The van der Waals surface area contributed by atoms with Gasteiger partial charge in [0.15, 0.2) is 0 Å². The van der Waals surface area contributed by atoms with Crippen molar-refractivity contribution in [3.05, 3.63) is 17.0 Å². The number of nitrogens with zero attached hydrogens (tertiary/aromatic N) is 1. The maximum absolute atomic E-state index is 11.9. The summed E-state index contributed by atoms with van der Waals surface area (Å²) in [5.74, 6) is 0.210. The van der Waals surface area contributed by atoms with Crippen LogP contribution >= 0.6 is 0 Å². The second-order valence-corrected chi connectivity index (χ2v) is 5.29. The fourth-order valence-corrected chi connectivity index (χ4v) is 2.47. The summed E-state index contributed by atoms with van der Waals surface area (Å²) in [4.78, 5) is 11.9. The predicted octanol–water partition coefficient (Wildman–Crippen LogP) is 1.80. The van der Waals surface area contributed by atoms with Crippen molar-refractivity contribution < 1.29 is 9.90 Å². The topological polar surface area (TPSA) is 78.0 Å². The van der Waals surface area contributed by atoms with E-state index in [2.05, 4.69) is 15.5 Å². The largest absolute Gasteiger partial charge is 0.396 e. The number of amides is 1. The summed E-state index contributed by atoms with van der Waals surface area (Å²) >= 11 is 0. The Morgan fingerprint density at radius 3 is 2.63 bits per heavy atom. The molecule has 0 radical (unpaired) electrons. The lowest BCUT2D eigenvalue weighted by atomic mass is 9.95. The van der Waals surface area contributed by atoms with Crippen LogP contribution in [0.1, 0.15) is 56.0 Å². The normalized spacial score (nSPS) is 14.2. The van der Waals surface area contributed by atoms with Gasteiger partial charge in [0, 0.05) is 24.8 Å². The van der Waals surface area contributed by atoms with Gasteiger partial charge in [0.2, 0.25) is 5.91 Å². The van der Waals surface area contributed by atoms with Crippen molar-refractivity contribution in [2.45, 2.75) is 58.9 Å². The number of carbonyl (C=O) groups excluding carboxylic acids is 1. The first-order chi connectivity index (χ1) is 8.95. The molecule has 1 rings (SSSR count). The zero-order chi connectivity index (χ0) is 14.4. The Kier molecular flexibility index (Phi) is 6.02. The highest BCUT2D eigenvalue weighted by molar-refractivity contribution is 5.77. The maximum Gasteiger partial charge on any atom is 0.220 e. The Morgan fingerprint density at radius 2 is 2.11 bits per heavy atom. The molecule has 2 atom stereocenters. The van der Waals surface area contributed by atoms with Crippen LogP contribution in [0, 0.1) is 13.8 Å². The van der Waals surface area contributed by atoms with E-state index >= 15 is 0 Å². The molecule has 1 amide bonds. The standard InChI is InChI=1S/C14H25N3O2/c1-9(14-11(3)16-17-12(14)4)8-13(19)15-10(2)6-5-7-18/h9-10,18H,5-8H2,1-4H3,(H,15,19)(H,16,17). The maximum atomic E-state index is 11.9. The van der Waals surface area contributed by atoms with Crippen molar-refractivity contribution in [2.75, 3.05) is 6.61 Å². The Bertz CT molecular complexity index is 395. The summed E-state index contributed by atoms with van der Waals surface area (Å²) in [5, 5.41) is 18.8. The van der Waals surface area contributed by atoms with Gasteiger partial charge in [0.1, 0.15) is 0 Å². The number of hydrogen-bond acceptors (Lipinski definition) is 3. The quantitative estimate of drug-likeness (QED) is 0.705. The van der Waals surface area contributed by atoms with Crippen LogP contribution in [0.5, 0.6) is 0 Å². The van der Waals surface area contributed by atoms with Crippen molar-refractivity contribution >= 4 is 5.91 Å². The summed E-state index contributed by atoms with van der Waals surface area (Å²) < 4.78 is 0. The minimum atomic E-state index is 0.0536. The zero-order valence-corrected chi connectivity index (χ0v) is 12.3. The van der Waals surface area contributed by atoms with Crippen LogP contribution in [-0.2, 0) is 4.79 Å². The molecule has 5 heteroatoms. The Morgan fingerprint density at radius 1 is 1.42 bits per heavy atom. The molecule has 1 aromatic heterocycles. The number of nitrogens with one attached hydrogen (secondary N) is 2. The molecule has 1 heterocycles. The van der Waals surface area contributed by atoms with Crippen LogP contribution in [-0.4, -0.2) is 33.9 Å². The molecule has 0 bridgehead atoms. The summed E-state index contributed by atoms with van der Waals surface area (Å²) in [7, 11) is 0. The Balaban J connectivity index is 2.48. The fraction of sp³-hybridized carbons (Fsp3) is 0.714. The number of carbonyl (C=O) groups is 1. The first-order valence-electron chi connectivity index (χ1n) is 6.87. The molecule has 0 aromatic carbocycles. The van der Waals surface area contributed by atoms with Crippen molar-refractivity contribution in [3.8, 4) is 0 Å². The van der Waals surface area contributed by atoms with Crippen LogP contribution in [0.15, 0.2) is 0 Å². The van der Waals surface area contributed by atoms with Crippen molar-refractivity contribution in [3.63, 3.8) is 0 Å². The number of aromatic nitrogens is 2. The van der Waals surface area contributed by atoms with E-state index in [0.717, 1.165) is 29.8 Å². The van der Waals surface area contributed by atoms with Gasteiger partial charge in [-0.25, -0.2) is 0 Å². The molecule has 19 heavy (non-hydrogen) atoms. The summed E-state index contributed by atoms with van der Waals surface area (Å²) in [6.45, 7) is 8.12. The van der Waals surface area contributed by atoms with Gasteiger partial charge in [-0.15, -0.1) is 0 Å². The molecule has 0 aliphatic heterocycles.